The van der Waals surface area contributed by atoms with E-state index in [0.29, 0.717) is 23.6 Å². The minimum Gasteiger partial charge on any atom is -0.503 e. The highest BCUT2D eigenvalue weighted by Gasteiger charge is 2.15. The van der Waals surface area contributed by atoms with Crippen LogP contribution in [0.5, 0.6) is 17.2 Å². The Kier molecular flexibility index (Phi) is 4.17. The molecule has 5 nitrogen and oxygen atoms in total. The van der Waals surface area contributed by atoms with Gasteiger partial charge in [-0.05, 0) is 24.6 Å². The van der Waals surface area contributed by atoms with Crippen molar-refractivity contribution in [1.82, 2.24) is 4.57 Å². The number of ether oxygens (including phenoxy) is 2. The number of hydrogen-bond donors (Lipinski definition) is 1. The first-order valence-electron chi connectivity index (χ1n) is 6.62. The summed E-state index contributed by atoms with van der Waals surface area (Å²) in [5, 5.41) is 10.4. The van der Waals surface area contributed by atoms with Gasteiger partial charge in [-0.3, -0.25) is 4.79 Å². The monoisotopic (exact) mass is 277 g/mol. The fourth-order valence-electron chi connectivity index (χ4n) is 2.13. The molecule has 0 bridgehead atoms. The van der Waals surface area contributed by atoms with Gasteiger partial charge in [0.1, 0.15) is 0 Å². The molecule has 0 aliphatic heterocycles. The zero-order valence-corrected chi connectivity index (χ0v) is 12.0. The topological polar surface area (TPSA) is 60.7 Å². The van der Waals surface area contributed by atoms with Gasteiger partial charge in [0.05, 0.1) is 19.2 Å². The molecular weight excluding hydrogens is 258 g/mol. The van der Waals surface area contributed by atoms with Gasteiger partial charge in [-0.2, -0.15) is 0 Å². The SMILES string of the molecule is CCCCOc1c(OC)ccc2cc(O)c(=O)n(C)c12. The second-order valence-electron chi connectivity index (χ2n) is 4.63. The van der Waals surface area contributed by atoms with E-state index in [1.807, 2.05) is 0 Å². The van der Waals surface area contributed by atoms with Crippen LogP contribution in [0.15, 0.2) is 23.0 Å². The quantitative estimate of drug-likeness (QED) is 0.853. The number of benzene rings is 1. The number of pyridine rings is 1. The van der Waals surface area contributed by atoms with Gasteiger partial charge >= 0.3 is 0 Å². The van der Waals surface area contributed by atoms with E-state index in [1.54, 1.807) is 26.3 Å². The molecule has 1 aromatic carbocycles. The van der Waals surface area contributed by atoms with Crippen LogP contribution in [0.1, 0.15) is 19.8 Å². The maximum absolute atomic E-state index is 11.9. The Labute approximate surface area is 117 Å². The maximum atomic E-state index is 11.9. The fourth-order valence-corrected chi connectivity index (χ4v) is 2.13. The van der Waals surface area contributed by atoms with Crippen molar-refractivity contribution in [3.8, 4) is 17.2 Å². The van der Waals surface area contributed by atoms with E-state index < -0.39 is 5.56 Å². The molecule has 5 heteroatoms. The average Bonchev–Trinajstić information content (AvgIpc) is 2.45. The predicted octanol–water partition coefficient (Wildman–Crippen LogP) is 2.43. The molecule has 0 fully saturated rings. The third kappa shape index (κ3) is 2.43. The molecule has 0 radical (unpaired) electrons. The lowest BCUT2D eigenvalue weighted by molar-refractivity contribution is 0.290. The zero-order valence-electron chi connectivity index (χ0n) is 12.0. The smallest absolute Gasteiger partial charge is 0.292 e. The van der Waals surface area contributed by atoms with Crippen LogP contribution >= 0.6 is 0 Å². The molecule has 0 saturated carbocycles. The molecule has 1 N–H and O–H groups in total. The maximum Gasteiger partial charge on any atom is 0.292 e. The molecule has 0 amide bonds. The minimum absolute atomic E-state index is 0.273. The van der Waals surface area contributed by atoms with E-state index in [2.05, 4.69) is 6.92 Å². The molecule has 1 heterocycles. The van der Waals surface area contributed by atoms with E-state index in [-0.39, 0.29) is 5.75 Å². The number of unbranched alkanes of at least 4 members (excludes halogenated alkanes) is 1. The number of aromatic hydroxyl groups is 1. The van der Waals surface area contributed by atoms with Crippen LogP contribution in [-0.2, 0) is 7.05 Å². The summed E-state index contributed by atoms with van der Waals surface area (Å²) in [6, 6.07) is 5.01. The van der Waals surface area contributed by atoms with Gasteiger partial charge in [-0.15, -0.1) is 0 Å². The highest BCUT2D eigenvalue weighted by atomic mass is 16.5. The van der Waals surface area contributed by atoms with Crippen molar-refractivity contribution in [1.29, 1.82) is 0 Å². The number of nitrogens with zero attached hydrogens (tertiary/aromatic N) is 1. The average molecular weight is 277 g/mol. The molecule has 0 aliphatic carbocycles. The van der Waals surface area contributed by atoms with E-state index in [0.717, 1.165) is 18.2 Å². The Hall–Kier alpha value is -2.17. The molecule has 0 spiro atoms. The summed E-state index contributed by atoms with van der Waals surface area (Å²) < 4.78 is 12.5. The highest BCUT2D eigenvalue weighted by molar-refractivity contribution is 5.88. The number of fused-ring (bicyclic) bond motifs is 1. The largest absolute Gasteiger partial charge is 0.503 e. The Morgan fingerprint density at radius 1 is 1.35 bits per heavy atom. The Morgan fingerprint density at radius 2 is 2.10 bits per heavy atom. The lowest BCUT2D eigenvalue weighted by atomic mass is 10.1. The molecule has 1 aromatic heterocycles. The van der Waals surface area contributed by atoms with Gasteiger partial charge in [-0.25, -0.2) is 0 Å². The van der Waals surface area contributed by atoms with Crippen molar-refractivity contribution < 1.29 is 14.6 Å². The van der Waals surface area contributed by atoms with E-state index in [9.17, 15) is 9.90 Å². The third-order valence-electron chi connectivity index (χ3n) is 3.24. The summed E-state index contributed by atoms with van der Waals surface area (Å²) in [6.07, 6.45) is 1.94. The van der Waals surface area contributed by atoms with Gasteiger partial charge in [0.2, 0.25) is 0 Å². The normalized spacial score (nSPS) is 10.8. The van der Waals surface area contributed by atoms with Crippen LogP contribution in [0.4, 0.5) is 0 Å². The van der Waals surface area contributed by atoms with Crippen molar-refractivity contribution in [3.63, 3.8) is 0 Å². The van der Waals surface area contributed by atoms with Crippen LogP contribution in [-0.4, -0.2) is 23.4 Å². The molecule has 0 saturated heterocycles. The number of hydrogen-bond acceptors (Lipinski definition) is 4. The lowest BCUT2D eigenvalue weighted by Gasteiger charge is -2.15. The molecule has 2 aromatic rings. The first-order valence-corrected chi connectivity index (χ1v) is 6.62. The highest BCUT2D eigenvalue weighted by Crippen LogP contribution is 2.35. The van der Waals surface area contributed by atoms with E-state index in [1.165, 1.54) is 10.6 Å². The second kappa shape index (κ2) is 5.86. The molecule has 20 heavy (non-hydrogen) atoms. The number of aromatic nitrogens is 1. The third-order valence-corrected chi connectivity index (χ3v) is 3.24. The number of aryl methyl sites for hydroxylation is 1. The standard InChI is InChI=1S/C15H19NO4/c1-4-5-8-20-14-12(19-3)7-6-10-9-11(17)15(18)16(2)13(10)14/h6-7,9,17H,4-5,8H2,1-3H3. The summed E-state index contributed by atoms with van der Waals surface area (Å²) in [4.78, 5) is 11.9. The summed E-state index contributed by atoms with van der Waals surface area (Å²) in [5.74, 6) is 0.844. The number of rotatable bonds is 5. The van der Waals surface area contributed by atoms with Gasteiger partial charge < -0.3 is 19.1 Å². The minimum atomic E-state index is -0.453. The van der Waals surface area contributed by atoms with Crippen molar-refractivity contribution in [2.45, 2.75) is 19.8 Å². The Balaban J connectivity index is 2.66. The van der Waals surface area contributed by atoms with Crippen LogP contribution in [0.3, 0.4) is 0 Å². The molecular formula is C15H19NO4. The van der Waals surface area contributed by atoms with Crippen LogP contribution in [0.25, 0.3) is 10.9 Å². The number of methoxy groups -OCH3 is 1. The molecule has 2 rings (SSSR count). The summed E-state index contributed by atoms with van der Waals surface area (Å²) >= 11 is 0. The first-order chi connectivity index (χ1) is 9.60. The lowest BCUT2D eigenvalue weighted by Crippen LogP contribution is -2.17. The molecule has 0 unspecified atom stereocenters. The van der Waals surface area contributed by atoms with E-state index in [4.69, 9.17) is 9.47 Å². The van der Waals surface area contributed by atoms with Crippen molar-refractivity contribution >= 4 is 10.9 Å². The zero-order chi connectivity index (χ0) is 14.7. The van der Waals surface area contributed by atoms with Gasteiger partial charge in [0, 0.05) is 12.4 Å². The Bertz CT molecular complexity index is 676. The van der Waals surface area contributed by atoms with Crippen LogP contribution < -0.4 is 15.0 Å². The van der Waals surface area contributed by atoms with Gasteiger partial charge in [-0.1, -0.05) is 13.3 Å². The molecule has 108 valence electrons. The Morgan fingerprint density at radius 3 is 2.75 bits per heavy atom. The van der Waals surface area contributed by atoms with Crippen molar-refractivity contribution in [2.24, 2.45) is 7.05 Å². The van der Waals surface area contributed by atoms with E-state index >= 15 is 0 Å². The van der Waals surface area contributed by atoms with Gasteiger partial charge in [0.15, 0.2) is 17.2 Å². The first kappa shape index (κ1) is 14.2. The van der Waals surface area contributed by atoms with Gasteiger partial charge in [0.25, 0.3) is 5.56 Å². The molecule has 0 aliphatic rings. The predicted molar refractivity (Wildman–Crippen MR) is 77.8 cm³/mol. The van der Waals surface area contributed by atoms with Crippen molar-refractivity contribution in [3.05, 3.63) is 28.6 Å². The van der Waals surface area contributed by atoms with Crippen LogP contribution in [0, 0.1) is 0 Å². The fraction of sp³-hybridized carbons (Fsp3) is 0.400. The summed E-state index contributed by atoms with van der Waals surface area (Å²) in [6.45, 7) is 2.64. The summed E-state index contributed by atoms with van der Waals surface area (Å²) in [7, 11) is 3.17. The van der Waals surface area contributed by atoms with Crippen molar-refractivity contribution in [2.75, 3.05) is 13.7 Å². The van der Waals surface area contributed by atoms with Crippen LogP contribution in [0.2, 0.25) is 0 Å². The molecule has 0 atom stereocenters. The summed E-state index contributed by atoms with van der Waals surface area (Å²) in [5.41, 5.74) is 0.175. The second-order valence-corrected chi connectivity index (χ2v) is 4.63.